The fourth-order valence-electron chi connectivity index (χ4n) is 6.14. The number of pyridine rings is 1. The van der Waals surface area contributed by atoms with E-state index in [2.05, 4.69) is 4.98 Å². The van der Waals surface area contributed by atoms with Gasteiger partial charge in [-0.1, -0.05) is 36.2 Å². The molecule has 5 N–H and O–H groups in total. The molecular formula is C38H48ClFN2O10S. The third kappa shape index (κ3) is 10.4. The third-order valence-corrected chi connectivity index (χ3v) is 12.0. The van der Waals surface area contributed by atoms with Gasteiger partial charge >= 0.3 is 0 Å². The fraction of sp³-hybridized carbons (Fsp3) is 0.526. The Morgan fingerprint density at radius 3 is 2.43 bits per heavy atom. The summed E-state index contributed by atoms with van der Waals surface area (Å²) < 4.78 is 55.8. The number of rotatable bonds is 22. The molecule has 0 bridgehead atoms. The molecule has 4 atom stereocenters. The van der Waals surface area contributed by atoms with Gasteiger partial charge in [-0.3, -0.25) is 9.78 Å². The summed E-state index contributed by atoms with van der Waals surface area (Å²) in [6.45, 7) is -0.790. The van der Waals surface area contributed by atoms with Crippen LogP contribution in [0.15, 0.2) is 59.8 Å². The van der Waals surface area contributed by atoms with Crippen molar-refractivity contribution in [2.45, 2.75) is 112 Å². The maximum atomic E-state index is 15.2. The van der Waals surface area contributed by atoms with Crippen LogP contribution in [0.4, 0.5) is 4.39 Å². The number of halogens is 2. The van der Waals surface area contributed by atoms with Gasteiger partial charge in [0.05, 0.1) is 31.0 Å². The van der Waals surface area contributed by atoms with Crippen LogP contribution in [0.2, 0.25) is 5.02 Å². The lowest BCUT2D eigenvalue weighted by Gasteiger charge is -2.25. The first kappa shape index (κ1) is 41.1. The van der Waals surface area contributed by atoms with E-state index in [-0.39, 0.29) is 49.3 Å². The summed E-state index contributed by atoms with van der Waals surface area (Å²) >= 11 is 6.42. The SMILES string of the molecule is CN(CCCCCC(=O)CC[C@H](O)[C@@H](O)[C@H](O)[C@H](O)CO)S(=O)(=O)c1cc(COC2(c3cnccc3-c3ccccc3OC3CC3)CC2)c(Cl)cc1F. The highest BCUT2D eigenvalue weighted by Crippen LogP contribution is 2.53. The number of ether oxygens (including phenoxy) is 2. The summed E-state index contributed by atoms with van der Waals surface area (Å²) in [5.74, 6) is -0.394. The number of benzene rings is 2. The molecule has 0 radical (unpaired) electrons. The maximum absolute atomic E-state index is 15.2. The van der Waals surface area contributed by atoms with Crippen molar-refractivity contribution in [1.29, 1.82) is 0 Å². The lowest BCUT2D eigenvalue weighted by molar-refractivity contribution is -0.125. The summed E-state index contributed by atoms with van der Waals surface area (Å²) in [5.41, 5.74) is 2.38. The summed E-state index contributed by atoms with van der Waals surface area (Å²) in [4.78, 5) is 16.1. The summed E-state index contributed by atoms with van der Waals surface area (Å²) in [5, 5.41) is 47.9. The second kappa shape index (κ2) is 18.1. The minimum atomic E-state index is -4.25. The average Bonchev–Trinajstić information content (AvgIpc) is 4.10. The summed E-state index contributed by atoms with van der Waals surface area (Å²) in [7, 11) is -2.89. The monoisotopic (exact) mass is 778 g/mol. The number of hydrogen-bond acceptors (Lipinski definition) is 11. The topological polar surface area (TPSA) is 187 Å². The van der Waals surface area contributed by atoms with Crippen molar-refractivity contribution in [3.05, 3.63) is 76.8 Å². The average molecular weight is 779 g/mol. The highest BCUT2D eigenvalue weighted by atomic mass is 35.5. The van der Waals surface area contributed by atoms with Crippen LogP contribution >= 0.6 is 11.6 Å². The molecule has 2 aliphatic carbocycles. The van der Waals surface area contributed by atoms with E-state index in [1.807, 2.05) is 30.3 Å². The molecule has 5 rings (SSSR count). The van der Waals surface area contributed by atoms with E-state index >= 15 is 4.39 Å². The minimum absolute atomic E-state index is 0.0418. The summed E-state index contributed by atoms with van der Waals surface area (Å²) in [6.07, 6.45) is 1.84. The molecule has 2 fully saturated rings. The normalized spacial score (nSPS) is 17.7. The molecule has 1 aromatic heterocycles. The molecule has 2 aromatic carbocycles. The van der Waals surface area contributed by atoms with Gasteiger partial charge < -0.3 is 35.0 Å². The predicted octanol–water partition coefficient (Wildman–Crippen LogP) is 4.25. The Labute approximate surface area is 314 Å². The summed E-state index contributed by atoms with van der Waals surface area (Å²) in [6, 6.07) is 12.0. The molecule has 0 aliphatic heterocycles. The Kier molecular flexibility index (Phi) is 14.0. The number of unbranched alkanes of at least 4 members (excludes halogenated alkanes) is 2. The van der Waals surface area contributed by atoms with Gasteiger partial charge in [0.15, 0.2) is 0 Å². The number of aliphatic hydroxyl groups is 5. The van der Waals surface area contributed by atoms with E-state index in [0.717, 1.165) is 45.7 Å². The van der Waals surface area contributed by atoms with Crippen LogP contribution in [0.5, 0.6) is 5.75 Å². The molecule has 1 heterocycles. The number of Topliss-reactive ketones (excluding diaryl/α,β-unsaturated/α-hetero) is 1. The molecule has 3 aromatic rings. The first-order valence-electron chi connectivity index (χ1n) is 17.9. The van der Waals surface area contributed by atoms with Crippen molar-refractivity contribution in [2.24, 2.45) is 0 Å². The van der Waals surface area contributed by atoms with Crippen LogP contribution in [0.3, 0.4) is 0 Å². The zero-order valence-electron chi connectivity index (χ0n) is 29.6. The van der Waals surface area contributed by atoms with Crippen LogP contribution in [0.1, 0.15) is 75.3 Å². The number of carbonyl (C=O) groups is 1. The van der Waals surface area contributed by atoms with Crippen LogP contribution < -0.4 is 4.74 Å². The van der Waals surface area contributed by atoms with E-state index in [1.54, 1.807) is 12.4 Å². The Balaban J connectivity index is 1.15. The number of hydrogen-bond donors (Lipinski definition) is 5. The van der Waals surface area contributed by atoms with Gasteiger partial charge in [0.2, 0.25) is 10.0 Å². The van der Waals surface area contributed by atoms with Crippen LogP contribution in [0.25, 0.3) is 11.1 Å². The fourth-order valence-corrected chi connectivity index (χ4v) is 7.65. The van der Waals surface area contributed by atoms with Gasteiger partial charge in [0.25, 0.3) is 0 Å². The largest absolute Gasteiger partial charge is 0.490 e. The van der Waals surface area contributed by atoms with Crippen molar-refractivity contribution >= 4 is 27.4 Å². The molecule has 2 aliphatic rings. The van der Waals surface area contributed by atoms with Crippen molar-refractivity contribution < 1.29 is 52.6 Å². The first-order valence-corrected chi connectivity index (χ1v) is 19.7. The highest BCUT2D eigenvalue weighted by Gasteiger charge is 2.48. The molecule has 2 saturated carbocycles. The van der Waals surface area contributed by atoms with Gasteiger partial charge in [-0.05, 0) is 80.3 Å². The van der Waals surface area contributed by atoms with Crippen LogP contribution in [-0.4, -0.2) is 99.7 Å². The molecule has 0 amide bonds. The smallest absolute Gasteiger partial charge is 0.245 e. The van der Waals surface area contributed by atoms with Gasteiger partial charge in [0, 0.05) is 55.0 Å². The van der Waals surface area contributed by atoms with Crippen LogP contribution in [-0.2, 0) is 31.8 Å². The first-order chi connectivity index (χ1) is 25.3. The zero-order valence-corrected chi connectivity index (χ0v) is 31.2. The molecule has 0 saturated heterocycles. The highest BCUT2D eigenvalue weighted by molar-refractivity contribution is 7.89. The van der Waals surface area contributed by atoms with E-state index in [0.29, 0.717) is 37.7 Å². The van der Waals surface area contributed by atoms with Crippen molar-refractivity contribution in [3.8, 4) is 16.9 Å². The van der Waals surface area contributed by atoms with Gasteiger partial charge in [-0.25, -0.2) is 17.1 Å². The number of carbonyl (C=O) groups excluding carboxylic acids is 1. The predicted molar refractivity (Wildman–Crippen MR) is 194 cm³/mol. The van der Waals surface area contributed by atoms with E-state index in [1.165, 1.54) is 13.1 Å². The Hall–Kier alpha value is -3.05. The Bertz CT molecular complexity index is 1820. The van der Waals surface area contributed by atoms with Crippen molar-refractivity contribution in [2.75, 3.05) is 20.2 Å². The zero-order chi connectivity index (χ0) is 38.3. The second-order valence-corrected chi connectivity index (χ2v) is 16.3. The second-order valence-electron chi connectivity index (χ2n) is 13.9. The number of aliphatic hydroxyl groups excluding tert-OH is 5. The van der Waals surface area contributed by atoms with E-state index in [4.69, 9.17) is 26.2 Å². The molecule has 0 unspecified atom stereocenters. The number of aromatic nitrogens is 1. The van der Waals surface area contributed by atoms with Crippen molar-refractivity contribution in [1.82, 2.24) is 9.29 Å². The van der Waals surface area contributed by atoms with Gasteiger partial charge in [0.1, 0.15) is 40.6 Å². The standard InChI is InChI=1S/C38H48ClFN2O10S/c1-42(18-6-2-3-7-25(44)10-13-32(45)36(47)37(48)33(46)22-43)53(49,50)35-19-24(30(39)20-31(35)40)23-51-38(15-16-38)29-21-41-17-14-27(29)28-8-4-5-9-34(28)52-26-11-12-26/h4-5,8-9,14,17,19-21,26,32-33,36-37,43,45-48H,2-3,6-7,10-13,15-16,18,22-23H2,1H3/t32-,33+,36+,37+/m0/s1. The number of ketones is 1. The van der Waals surface area contributed by atoms with E-state index in [9.17, 15) is 33.6 Å². The quantitative estimate of drug-likeness (QED) is 0.0919. The molecule has 53 heavy (non-hydrogen) atoms. The molecule has 15 heteroatoms. The Morgan fingerprint density at radius 2 is 1.74 bits per heavy atom. The van der Waals surface area contributed by atoms with Crippen LogP contribution in [0, 0.1) is 5.82 Å². The van der Waals surface area contributed by atoms with Gasteiger partial charge in [-0.2, -0.15) is 0 Å². The van der Waals surface area contributed by atoms with E-state index < -0.39 is 57.4 Å². The molecular weight excluding hydrogens is 731 g/mol. The van der Waals surface area contributed by atoms with Gasteiger partial charge in [-0.15, -0.1) is 0 Å². The number of para-hydroxylation sites is 1. The number of nitrogens with zero attached hydrogens (tertiary/aromatic N) is 2. The number of sulfonamides is 1. The molecule has 0 spiro atoms. The minimum Gasteiger partial charge on any atom is -0.490 e. The molecule has 290 valence electrons. The third-order valence-electron chi connectivity index (χ3n) is 9.78. The Morgan fingerprint density at radius 1 is 1.02 bits per heavy atom. The molecule has 12 nitrogen and oxygen atoms in total. The lowest BCUT2D eigenvalue weighted by atomic mass is 9.96. The maximum Gasteiger partial charge on any atom is 0.245 e. The lowest BCUT2D eigenvalue weighted by Crippen LogP contribution is -2.45. The van der Waals surface area contributed by atoms with Crippen molar-refractivity contribution in [3.63, 3.8) is 0 Å².